The number of anilines is 1. The van der Waals surface area contributed by atoms with Crippen molar-refractivity contribution in [2.24, 2.45) is 0 Å². The SMILES string of the molecule is COC(=O)C(C)Nc1ccc2c(c1)OC(C)(C)O2. The third kappa shape index (κ3) is 2.50. The lowest BCUT2D eigenvalue weighted by molar-refractivity contribution is -0.141. The number of rotatable bonds is 3. The van der Waals surface area contributed by atoms with Gasteiger partial charge in [-0.15, -0.1) is 0 Å². The van der Waals surface area contributed by atoms with Crippen LogP contribution in [0.4, 0.5) is 5.69 Å². The smallest absolute Gasteiger partial charge is 0.327 e. The second kappa shape index (κ2) is 4.40. The van der Waals surface area contributed by atoms with Gasteiger partial charge in [0.1, 0.15) is 6.04 Å². The van der Waals surface area contributed by atoms with Crippen molar-refractivity contribution < 1.29 is 19.0 Å². The average Bonchev–Trinajstić information content (AvgIpc) is 2.61. The van der Waals surface area contributed by atoms with Crippen molar-refractivity contribution in [3.05, 3.63) is 18.2 Å². The second-order valence-corrected chi connectivity index (χ2v) is 4.65. The quantitative estimate of drug-likeness (QED) is 0.834. The van der Waals surface area contributed by atoms with E-state index in [2.05, 4.69) is 10.1 Å². The van der Waals surface area contributed by atoms with Gasteiger partial charge < -0.3 is 19.5 Å². The van der Waals surface area contributed by atoms with Crippen LogP contribution < -0.4 is 14.8 Å². The number of carbonyl (C=O) groups is 1. The van der Waals surface area contributed by atoms with Crippen molar-refractivity contribution in [1.82, 2.24) is 0 Å². The third-order valence-electron chi connectivity index (χ3n) is 2.59. The van der Waals surface area contributed by atoms with Gasteiger partial charge >= 0.3 is 5.97 Å². The Morgan fingerprint density at radius 1 is 1.33 bits per heavy atom. The van der Waals surface area contributed by atoms with Gasteiger partial charge in [-0.3, -0.25) is 0 Å². The summed E-state index contributed by atoms with van der Waals surface area (Å²) in [6.45, 7) is 5.43. The predicted octanol–water partition coefficient (Wildman–Crippen LogP) is 2.17. The van der Waals surface area contributed by atoms with Crippen LogP contribution in [0.5, 0.6) is 11.5 Å². The Hall–Kier alpha value is -1.91. The topological polar surface area (TPSA) is 56.8 Å². The van der Waals surface area contributed by atoms with E-state index in [0.29, 0.717) is 11.5 Å². The number of carbonyl (C=O) groups excluding carboxylic acids is 1. The molecule has 1 aliphatic heterocycles. The second-order valence-electron chi connectivity index (χ2n) is 4.65. The molecule has 0 radical (unpaired) electrons. The molecule has 5 heteroatoms. The summed E-state index contributed by atoms with van der Waals surface area (Å²) in [7, 11) is 1.36. The van der Waals surface area contributed by atoms with Gasteiger partial charge in [0.2, 0.25) is 5.79 Å². The molecule has 1 aliphatic rings. The van der Waals surface area contributed by atoms with Gasteiger partial charge in [-0.1, -0.05) is 0 Å². The summed E-state index contributed by atoms with van der Waals surface area (Å²) in [4.78, 5) is 11.3. The molecule has 0 aliphatic carbocycles. The van der Waals surface area contributed by atoms with Crippen LogP contribution in [-0.4, -0.2) is 24.9 Å². The normalized spacial score (nSPS) is 17.1. The molecule has 1 unspecified atom stereocenters. The molecule has 0 saturated heterocycles. The van der Waals surface area contributed by atoms with E-state index in [4.69, 9.17) is 9.47 Å². The molecule has 18 heavy (non-hydrogen) atoms. The molecule has 0 bridgehead atoms. The van der Waals surface area contributed by atoms with Crippen molar-refractivity contribution in [3.8, 4) is 11.5 Å². The zero-order chi connectivity index (χ0) is 13.3. The fraction of sp³-hybridized carbons (Fsp3) is 0.462. The van der Waals surface area contributed by atoms with Crippen LogP contribution in [0.1, 0.15) is 20.8 Å². The molecule has 0 spiro atoms. The lowest BCUT2D eigenvalue weighted by atomic mass is 10.2. The van der Waals surface area contributed by atoms with Crippen LogP contribution in [0, 0.1) is 0 Å². The van der Waals surface area contributed by atoms with Gasteiger partial charge in [0.25, 0.3) is 0 Å². The monoisotopic (exact) mass is 251 g/mol. The highest BCUT2D eigenvalue weighted by Gasteiger charge is 2.31. The fourth-order valence-electron chi connectivity index (χ4n) is 1.80. The Morgan fingerprint density at radius 3 is 2.67 bits per heavy atom. The number of ether oxygens (including phenoxy) is 3. The first kappa shape index (κ1) is 12.5. The van der Waals surface area contributed by atoms with Gasteiger partial charge in [0.15, 0.2) is 11.5 Å². The first-order chi connectivity index (χ1) is 8.41. The molecule has 1 N–H and O–H groups in total. The first-order valence-corrected chi connectivity index (χ1v) is 5.78. The van der Waals surface area contributed by atoms with Crippen LogP contribution in [0.15, 0.2) is 18.2 Å². The van der Waals surface area contributed by atoms with E-state index in [0.717, 1.165) is 5.69 Å². The largest absolute Gasteiger partial charge is 0.467 e. The maximum absolute atomic E-state index is 11.3. The summed E-state index contributed by atoms with van der Waals surface area (Å²) in [5, 5.41) is 3.04. The summed E-state index contributed by atoms with van der Waals surface area (Å²) in [5.41, 5.74) is 0.785. The summed E-state index contributed by atoms with van der Waals surface area (Å²) in [6, 6.07) is 5.05. The Balaban J connectivity index is 2.12. The van der Waals surface area contributed by atoms with Gasteiger partial charge in [0, 0.05) is 25.6 Å². The lowest BCUT2D eigenvalue weighted by Gasteiger charge is -2.16. The van der Waals surface area contributed by atoms with Crippen LogP contribution in [0.3, 0.4) is 0 Å². The highest BCUT2D eigenvalue weighted by atomic mass is 16.7. The van der Waals surface area contributed by atoms with Crippen molar-refractivity contribution >= 4 is 11.7 Å². The van der Waals surface area contributed by atoms with E-state index < -0.39 is 11.8 Å². The van der Waals surface area contributed by atoms with Gasteiger partial charge in [-0.25, -0.2) is 4.79 Å². The van der Waals surface area contributed by atoms with E-state index in [1.165, 1.54) is 7.11 Å². The zero-order valence-electron chi connectivity index (χ0n) is 10.9. The van der Waals surface area contributed by atoms with E-state index in [-0.39, 0.29) is 5.97 Å². The summed E-state index contributed by atoms with van der Waals surface area (Å²) < 4.78 is 15.9. The molecule has 1 aromatic rings. The standard InChI is InChI=1S/C13H17NO4/c1-8(12(15)16-4)14-9-5-6-10-11(7-9)18-13(2,3)17-10/h5-8,14H,1-4H3. The van der Waals surface area contributed by atoms with E-state index in [1.807, 2.05) is 32.0 Å². The minimum atomic E-state index is -0.644. The predicted molar refractivity (Wildman–Crippen MR) is 66.9 cm³/mol. The molecule has 0 saturated carbocycles. The van der Waals surface area contributed by atoms with Gasteiger partial charge in [0.05, 0.1) is 7.11 Å². The minimum absolute atomic E-state index is 0.312. The van der Waals surface area contributed by atoms with Crippen molar-refractivity contribution in [3.63, 3.8) is 0 Å². The molecule has 0 fully saturated rings. The van der Waals surface area contributed by atoms with E-state index in [9.17, 15) is 4.79 Å². The molecular weight excluding hydrogens is 234 g/mol. The highest BCUT2D eigenvalue weighted by molar-refractivity contribution is 5.78. The maximum atomic E-state index is 11.3. The minimum Gasteiger partial charge on any atom is -0.467 e. The third-order valence-corrected chi connectivity index (χ3v) is 2.59. The van der Waals surface area contributed by atoms with Crippen LogP contribution >= 0.6 is 0 Å². The molecule has 5 nitrogen and oxygen atoms in total. The molecule has 1 atom stereocenters. The number of hydrogen-bond donors (Lipinski definition) is 1. The number of benzene rings is 1. The molecule has 98 valence electrons. The van der Waals surface area contributed by atoms with Crippen molar-refractivity contribution in [1.29, 1.82) is 0 Å². The van der Waals surface area contributed by atoms with E-state index >= 15 is 0 Å². The molecule has 1 aromatic carbocycles. The summed E-state index contributed by atoms with van der Waals surface area (Å²) in [6.07, 6.45) is 0. The van der Waals surface area contributed by atoms with Crippen molar-refractivity contribution in [2.75, 3.05) is 12.4 Å². The maximum Gasteiger partial charge on any atom is 0.327 e. The number of methoxy groups -OCH3 is 1. The van der Waals surface area contributed by atoms with Crippen LogP contribution in [0.25, 0.3) is 0 Å². The summed E-state index contributed by atoms with van der Waals surface area (Å²) in [5.74, 6) is 0.417. The number of esters is 1. The van der Waals surface area contributed by atoms with Gasteiger partial charge in [-0.05, 0) is 19.1 Å². The number of nitrogens with one attached hydrogen (secondary N) is 1. The van der Waals surface area contributed by atoms with Crippen LogP contribution in [-0.2, 0) is 9.53 Å². The Kier molecular flexibility index (Phi) is 3.07. The number of fused-ring (bicyclic) bond motifs is 1. The highest BCUT2D eigenvalue weighted by Crippen LogP contribution is 2.40. The van der Waals surface area contributed by atoms with E-state index in [1.54, 1.807) is 6.92 Å². The Labute approximate surface area is 106 Å². The fourth-order valence-corrected chi connectivity index (χ4v) is 1.80. The summed E-state index contributed by atoms with van der Waals surface area (Å²) >= 11 is 0. The Bertz CT molecular complexity index is 470. The Morgan fingerprint density at radius 2 is 2.00 bits per heavy atom. The average molecular weight is 251 g/mol. The molecule has 0 aromatic heterocycles. The molecule has 2 rings (SSSR count). The van der Waals surface area contributed by atoms with Crippen LogP contribution in [0.2, 0.25) is 0 Å². The lowest BCUT2D eigenvalue weighted by Crippen LogP contribution is -2.29. The molecule has 0 amide bonds. The molecular formula is C13H17NO4. The van der Waals surface area contributed by atoms with Gasteiger partial charge in [-0.2, -0.15) is 0 Å². The van der Waals surface area contributed by atoms with Crippen molar-refractivity contribution in [2.45, 2.75) is 32.6 Å². The zero-order valence-corrected chi connectivity index (χ0v) is 10.9. The molecule has 1 heterocycles. The number of hydrogen-bond acceptors (Lipinski definition) is 5. The first-order valence-electron chi connectivity index (χ1n) is 5.78.